The molecule has 21 heavy (non-hydrogen) atoms. The summed E-state index contributed by atoms with van der Waals surface area (Å²) in [6.45, 7) is 2.78. The third-order valence-electron chi connectivity index (χ3n) is 4.24. The van der Waals surface area contributed by atoms with Crippen LogP contribution in [0.4, 0.5) is 4.39 Å². The number of carboxylic acids is 1. The number of likely N-dealkylation sites (N-methyl/N-ethyl adjacent to an activating group) is 1. The Labute approximate surface area is 125 Å². The minimum absolute atomic E-state index is 0.204. The number of hydrogen-bond acceptors (Lipinski definition) is 3. The van der Waals surface area contributed by atoms with Gasteiger partial charge in [-0.15, -0.1) is 0 Å². The first-order valence-corrected chi connectivity index (χ1v) is 7.45. The van der Waals surface area contributed by atoms with Gasteiger partial charge in [0.05, 0.1) is 0 Å². The third-order valence-corrected chi connectivity index (χ3v) is 4.24. The zero-order chi connectivity index (χ0) is 15.2. The predicted octanol–water partition coefficient (Wildman–Crippen LogP) is 2.10. The van der Waals surface area contributed by atoms with Crippen molar-refractivity contribution in [2.75, 3.05) is 20.1 Å². The minimum Gasteiger partial charge on any atom is -0.480 e. The van der Waals surface area contributed by atoms with Crippen LogP contribution in [0.15, 0.2) is 24.3 Å². The molecule has 0 amide bonds. The van der Waals surface area contributed by atoms with Gasteiger partial charge in [0.15, 0.2) is 0 Å². The van der Waals surface area contributed by atoms with Gasteiger partial charge >= 0.3 is 5.97 Å². The lowest BCUT2D eigenvalue weighted by molar-refractivity contribution is -0.139. The van der Waals surface area contributed by atoms with Crippen LogP contribution in [0.1, 0.15) is 24.8 Å². The summed E-state index contributed by atoms with van der Waals surface area (Å²) in [7, 11) is 1.70. The second-order valence-corrected chi connectivity index (χ2v) is 5.76. The first-order chi connectivity index (χ1) is 10.1. The molecule has 1 aromatic rings. The highest BCUT2D eigenvalue weighted by atomic mass is 19.1. The van der Waals surface area contributed by atoms with E-state index in [9.17, 15) is 9.18 Å². The summed E-state index contributed by atoms with van der Waals surface area (Å²) in [5, 5.41) is 11.9. The molecule has 0 spiro atoms. The highest BCUT2D eigenvalue weighted by molar-refractivity contribution is 5.73. The molecule has 1 heterocycles. The molecule has 0 aromatic heterocycles. The Morgan fingerprint density at radius 1 is 1.38 bits per heavy atom. The fourth-order valence-corrected chi connectivity index (χ4v) is 2.90. The molecule has 0 bridgehead atoms. The van der Waals surface area contributed by atoms with Gasteiger partial charge in [0.25, 0.3) is 0 Å². The predicted molar refractivity (Wildman–Crippen MR) is 79.5 cm³/mol. The van der Waals surface area contributed by atoms with Gasteiger partial charge in [-0.1, -0.05) is 12.1 Å². The van der Waals surface area contributed by atoms with Crippen LogP contribution in [-0.4, -0.2) is 42.2 Å². The van der Waals surface area contributed by atoms with Crippen molar-refractivity contribution in [1.82, 2.24) is 10.2 Å². The first kappa shape index (κ1) is 15.9. The lowest BCUT2D eigenvalue weighted by Gasteiger charge is -2.33. The number of hydrogen-bond donors (Lipinski definition) is 2. The maximum absolute atomic E-state index is 12.9. The summed E-state index contributed by atoms with van der Waals surface area (Å²) in [5.41, 5.74) is 1.12. The topological polar surface area (TPSA) is 52.6 Å². The average Bonchev–Trinajstić information content (AvgIpc) is 2.48. The van der Waals surface area contributed by atoms with Gasteiger partial charge in [-0.25, -0.2) is 4.39 Å². The number of rotatable bonds is 6. The molecule has 116 valence electrons. The fraction of sp³-hybridized carbons (Fsp3) is 0.562. The van der Waals surface area contributed by atoms with Gasteiger partial charge in [-0.3, -0.25) is 9.69 Å². The normalized spacial score (nSPS) is 18.6. The Morgan fingerprint density at radius 3 is 2.52 bits per heavy atom. The summed E-state index contributed by atoms with van der Waals surface area (Å²) >= 11 is 0. The zero-order valence-corrected chi connectivity index (χ0v) is 12.4. The van der Waals surface area contributed by atoms with Crippen LogP contribution >= 0.6 is 0 Å². The number of carboxylic acid groups (broad SMARTS) is 1. The number of carbonyl (C=O) groups is 1. The fourth-order valence-electron chi connectivity index (χ4n) is 2.90. The van der Waals surface area contributed by atoms with Crippen molar-refractivity contribution in [2.24, 2.45) is 5.92 Å². The van der Waals surface area contributed by atoms with Crippen molar-refractivity contribution in [1.29, 1.82) is 0 Å². The van der Waals surface area contributed by atoms with Crippen LogP contribution in [0.25, 0.3) is 0 Å². The van der Waals surface area contributed by atoms with Crippen molar-refractivity contribution >= 4 is 5.97 Å². The van der Waals surface area contributed by atoms with Gasteiger partial charge < -0.3 is 10.4 Å². The molecular formula is C16H23FN2O2. The van der Waals surface area contributed by atoms with E-state index in [1.807, 2.05) is 12.1 Å². The molecule has 0 saturated carbocycles. The monoisotopic (exact) mass is 294 g/mol. The average molecular weight is 294 g/mol. The van der Waals surface area contributed by atoms with Gasteiger partial charge in [0.1, 0.15) is 11.9 Å². The number of likely N-dealkylation sites (tertiary alicyclic amines) is 1. The lowest BCUT2D eigenvalue weighted by atomic mass is 9.90. The number of nitrogens with zero attached hydrogens (tertiary/aromatic N) is 1. The first-order valence-electron chi connectivity index (χ1n) is 7.45. The molecule has 1 aromatic carbocycles. The van der Waals surface area contributed by atoms with Gasteiger partial charge in [-0.2, -0.15) is 0 Å². The number of halogens is 1. The SMILES string of the molecule is CNC(CC1CCN(Cc2ccc(F)cc2)CC1)C(=O)O. The van der Waals surface area contributed by atoms with Crippen LogP contribution in [0.5, 0.6) is 0 Å². The van der Waals surface area contributed by atoms with E-state index in [1.54, 1.807) is 7.05 Å². The van der Waals surface area contributed by atoms with Crippen LogP contribution < -0.4 is 5.32 Å². The maximum atomic E-state index is 12.9. The second-order valence-electron chi connectivity index (χ2n) is 5.76. The van der Waals surface area contributed by atoms with Crippen molar-refractivity contribution in [3.05, 3.63) is 35.6 Å². The van der Waals surface area contributed by atoms with Crippen LogP contribution in [0, 0.1) is 11.7 Å². The molecule has 1 fully saturated rings. The Morgan fingerprint density at radius 2 is 2.00 bits per heavy atom. The third kappa shape index (κ3) is 4.79. The summed E-state index contributed by atoms with van der Waals surface area (Å²) in [5.74, 6) is -0.515. The molecule has 2 rings (SSSR count). The molecule has 4 nitrogen and oxygen atoms in total. The maximum Gasteiger partial charge on any atom is 0.320 e. The lowest BCUT2D eigenvalue weighted by Crippen LogP contribution is -2.39. The van der Waals surface area contributed by atoms with Crippen molar-refractivity contribution < 1.29 is 14.3 Å². The molecule has 0 radical (unpaired) electrons. The number of aliphatic carboxylic acids is 1. The summed E-state index contributed by atoms with van der Waals surface area (Å²) in [6, 6.07) is 6.18. The summed E-state index contributed by atoms with van der Waals surface area (Å²) < 4.78 is 12.9. The highest BCUT2D eigenvalue weighted by Gasteiger charge is 2.24. The van der Waals surface area contributed by atoms with E-state index < -0.39 is 12.0 Å². The minimum atomic E-state index is -0.772. The molecule has 1 aliphatic heterocycles. The van der Waals surface area contributed by atoms with Crippen LogP contribution in [0.3, 0.4) is 0 Å². The molecule has 2 N–H and O–H groups in total. The van der Waals surface area contributed by atoms with Gasteiger partial charge in [0, 0.05) is 6.54 Å². The van der Waals surface area contributed by atoms with E-state index in [1.165, 1.54) is 12.1 Å². The zero-order valence-electron chi connectivity index (χ0n) is 12.4. The van der Waals surface area contributed by atoms with Gasteiger partial charge in [-0.05, 0) is 63.0 Å². The van der Waals surface area contributed by atoms with E-state index in [2.05, 4.69) is 10.2 Å². The Kier molecular flexibility index (Phi) is 5.70. The molecule has 1 aliphatic rings. The van der Waals surface area contributed by atoms with Crippen LogP contribution in [0.2, 0.25) is 0 Å². The summed E-state index contributed by atoms with van der Waals surface area (Å²) in [4.78, 5) is 13.4. The number of piperidine rings is 1. The molecular weight excluding hydrogens is 271 g/mol. The molecule has 1 atom stereocenters. The van der Waals surface area contributed by atoms with E-state index >= 15 is 0 Å². The summed E-state index contributed by atoms with van der Waals surface area (Å²) in [6.07, 6.45) is 2.73. The molecule has 0 aliphatic carbocycles. The van der Waals surface area contributed by atoms with Crippen molar-refractivity contribution in [2.45, 2.75) is 31.8 Å². The van der Waals surface area contributed by atoms with Crippen LogP contribution in [-0.2, 0) is 11.3 Å². The second kappa shape index (κ2) is 7.52. The molecule has 1 saturated heterocycles. The van der Waals surface area contributed by atoms with E-state index in [0.717, 1.165) is 38.0 Å². The molecule has 5 heteroatoms. The van der Waals surface area contributed by atoms with Crippen molar-refractivity contribution in [3.63, 3.8) is 0 Å². The van der Waals surface area contributed by atoms with E-state index in [-0.39, 0.29) is 5.82 Å². The Balaban J connectivity index is 1.77. The van der Waals surface area contributed by atoms with Gasteiger partial charge in [0.2, 0.25) is 0 Å². The standard InChI is InChI=1S/C16H23FN2O2/c1-18-15(16(20)21)10-12-6-8-19(9-7-12)11-13-2-4-14(17)5-3-13/h2-5,12,15,18H,6-11H2,1H3,(H,20,21). The van der Waals surface area contributed by atoms with E-state index in [0.29, 0.717) is 12.3 Å². The molecule has 1 unspecified atom stereocenters. The quantitative estimate of drug-likeness (QED) is 0.843. The smallest absolute Gasteiger partial charge is 0.320 e. The van der Waals surface area contributed by atoms with Crippen molar-refractivity contribution in [3.8, 4) is 0 Å². The Hall–Kier alpha value is -1.46. The largest absolute Gasteiger partial charge is 0.480 e. The highest BCUT2D eigenvalue weighted by Crippen LogP contribution is 2.23. The number of nitrogens with one attached hydrogen (secondary N) is 1. The Bertz CT molecular complexity index is 456. The van der Waals surface area contributed by atoms with E-state index in [4.69, 9.17) is 5.11 Å². The number of benzene rings is 1.